The fraction of sp³-hybridized carbons (Fsp3) is 0.533. The van der Waals surface area contributed by atoms with Gasteiger partial charge in [0.05, 0.1) is 0 Å². The molecule has 0 radical (unpaired) electrons. The van der Waals surface area contributed by atoms with E-state index in [1.807, 2.05) is 6.92 Å². The van der Waals surface area contributed by atoms with E-state index >= 15 is 0 Å². The van der Waals surface area contributed by atoms with Crippen molar-refractivity contribution in [3.63, 3.8) is 0 Å². The minimum atomic E-state index is -0.800. The van der Waals surface area contributed by atoms with Gasteiger partial charge in [-0.3, -0.25) is 9.69 Å². The molecule has 1 saturated heterocycles. The number of likely N-dealkylation sites (tertiary alicyclic amines) is 1. The highest BCUT2D eigenvalue weighted by Gasteiger charge is 2.29. The van der Waals surface area contributed by atoms with Gasteiger partial charge in [-0.05, 0) is 57.1 Å². The van der Waals surface area contributed by atoms with E-state index in [0.29, 0.717) is 17.3 Å². The molecule has 4 heteroatoms. The van der Waals surface area contributed by atoms with Crippen molar-refractivity contribution in [1.82, 2.24) is 4.90 Å². The smallest absolute Gasteiger partial charge is 0.173 e. The van der Waals surface area contributed by atoms with E-state index in [4.69, 9.17) is 16.3 Å². The summed E-state index contributed by atoms with van der Waals surface area (Å²) in [5.74, 6) is 0.677. The molecule has 104 valence electrons. The van der Waals surface area contributed by atoms with Gasteiger partial charge in [-0.25, -0.2) is 0 Å². The lowest BCUT2D eigenvalue weighted by atomic mass is 10.0. The number of ether oxygens (including phenoxy) is 1. The second-order valence-corrected chi connectivity index (χ2v) is 5.76. The van der Waals surface area contributed by atoms with Crippen molar-refractivity contribution in [1.29, 1.82) is 0 Å². The van der Waals surface area contributed by atoms with Crippen LogP contribution in [0.2, 0.25) is 5.02 Å². The Labute approximate surface area is 119 Å². The average Bonchev–Trinajstić information content (AvgIpc) is 2.42. The number of hydrogen-bond donors (Lipinski definition) is 0. The van der Waals surface area contributed by atoms with Crippen molar-refractivity contribution in [2.45, 2.75) is 31.8 Å². The van der Waals surface area contributed by atoms with E-state index in [2.05, 4.69) is 4.90 Å². The van der Waals surface area contributed by atoms with Crippen molar-refractivity contribution in [3.05, 3.63) is 29.3 Å². The zero-order chi connectivity index (χ0) is 13.7. The quantitative estimate of drug-likeness (QED) is 0.777. The number of nitrogens with zero attached hydrogens (tertiary/aromatic N) is 1. The molecule has 0 N–H and O–H groups in total. The maximum atomic E-state index is 11.4. The first-order chi connectivity index (χ1) is 9.11. The van der Waals surface area contributed by atoms with Gasteiger partial charge in [-0.2, -0.15) is 0 Å². The van der Waals surface area contributed by atoms with Gasteiger partial charge in [0.15, 0.2) is 11.9 Å². The predicted molar refractivity (Wildman–Crippen MR) is 76.8 cm³/mol. The number of piperidine rings is 1. The molecule has 0 bridgehead atoms. The van der Waals surface area contributed by atoms with E-state index in [9.17, 15) is 4.79 Å². The zero-order valence-corrected chi connectivity index (χ0v) is 12.0. The third kappa shape index (κ3) is 4.22. The molecule has 0 aliphatic carbocycles. The molecule has 1 atom stereocenters. The zero-order valence-electron chi connectivity index (χ0n) is 11.3. The molecule has 1 aromatic rings. The van der Waals surface area contributed by atoms with Crippen LogP contribution >= 0.6 is 11.6 Å². The predicted octanol–water partition coefficient (Wildman–Crippen LogP) is 3.16. The molecular formula is C15H20ClNO2. The molecule has 2 rings (SSSR count). The first-order valence-electron chi connectivity index (χ1n) is 6.75. The minimum absolute atomic E-state index is 0.638. The van der Waals surface area contributed by atoms with E-state index in [1.165, 1.54) is 19.3 Å². The second-order valence-electron chi connectivity index (χ2n) is 5.32. The van der Waals surface area contributed by atoms with Gasteiger partial charge in [0.25, 0.3) is 0 Å². The summed E-state index contributed by atoms with van der Waals surface area (Å²) in [6.45, 7) is 4.57. The van der Waals surface area contributed by atoms with Crippen LogP contribution in [-0.2, 0) is 4.79 Å². The maximum absolute atomic E-state index is 11.4. The van der Waals surface area contributed by atoms with Crippen LogP contribution in [0.4, 0.5) is 0 Å². The normalized spacial score (nSPS) is 19.7. The third-order valence-electron chi connectivity index (χ3n) is 3.40. The molecule has 0 aromatic heterocycles. The van der Waals surface area contributed by atoms with Crippen LogP contribution in [0.25, 0.3) is 0 Å². The summed E-state index contributed by atoms with van der Waals surface area (Å²) in [6, 6.07) is 7.12. The summed E-state index contributed by atoms with van der Waals surface area (Å²) < 4.78 is 5.84. The van der Waals surface area contributed by atoms with Crippen molar-refractivity contribution in [2.24, 2.45) is 0 Å². The Morgan fingerprint density at radius 3 is 2.47 bits per heavy atom. The van der Waals surface area contributed by atoms with E-state index in [-0.39, 0.29) is 0 Å². The van der Waals surface area contributed by atoms with E-state index < -0.39 is 5.60 Å². The van der Waals surface area contributed by atoms with Crippen LogP contribution in [0.5, 0.6) is 5.75 Å². The van der Waals surface area contributed by atoms with Crippen LogP contribution < -0.4 is 4.74 Å². The molecule has 1 aliphatic rings. The van der Waals surface area contributed by atoms with E-state index in [1.54, 1.807) is 24.3 Å². The highest BCUT2D eigenvalue weighted by molar-refractivity contribution is 6.30. The van der Waals surface area contributed by atoms with E-state index in [0.717, 1.165) is 19.4 Å². The Bertz CT molecular complexity index is 415. The number of hydrogen-bond acceptors (Lipinski definition) is 3. The van der Waals surface area contributed by atoms with Crippen LogP contribution in [0.1, 0.15) is 26.2 Å². The molecule has 0 unspecified atom stereocenters. The Morgan fingerprint density at radius 2 is 1.89 bits per heavy atom. The number of carbonyl (C=O) groups excluding carboxylic acids is 1. The average molecular weight is 282 g/mol. The largest absolute Gasteiger partial charge is 0.479 e. The van der Waals surface area contributed by atoms with Gasteiger partial charge in [0, 0.05) is 11.6 Å². The van der Waals surface area contributed by atoms with Gasteiger partial charge in [0.2, 0.25) is 0 Å². The lowest BCUT2D eigenvalue weighted by Gasteiger charge is -2.34. The van der Waals surface area contributed by atoms with Crippen LogP contribution in [0.15, 0.2) is 24.3 Å². The second kappa shape index (κ2) is 6.40. The van der Waals surface area contributed by atoms with Crippen LogP contribution in [0.3, 0.4) is 0 Å². The molecule has 1 aromatic carbocycles. The Kier molecular flexibility index (Phi) is 4.83. The van der Waals surface area contributed by atoms with Crippen molar-refractivity contribution in [3.8, 4) is 5.75 Å². The highest BCUT2D eigenvalue weighted by atomic mass is 35.5. The van der Waals surface area contributed by atoms with Gasteiger partial charge < -0.3 is 4.74 Å². The number of carbonyl (C=O) groups is 1. The summed E-state index contributed by atoms with van der Waals surface area (Å²) in [5, 5.41) is 0.663. The maximum Gasteiger partial charge on any atom is 0.173 e. The van der Waals surface area contributed by atoms with Gasteiger partial charge in [-0.15, -0.1) is 0 Å². The summed E-state index contributed by atoms with van der Waals surface area (Å²) >= 11 is 5.84. The number of halogens is 1. The first kappa shape index (κ1) is 14.4. The number of benzene rings is 1. The molecule has 1 aliphatic heterocycles. The first-order valence-corrected chi connectivity index (χ1v) is 7.12. The van der Waals surface area contributed by atoms with Crippen LogP contribution in [-0.4, -0.2) is 36.4 Å². The molecule has 0 saturated carbocycles. The van der Waals surface area contributed by atoms with Gasteiger partial charge >= 0.3 is 0 Å². The van der Waals surface area contributed by atoms with Crippen LogP contribution in [0, 0.1) is 0 Å². The molecular weight excluding hydrogens is 262 g/mol. The highest BCUT2D eigenvalue weighted by Crippen LogP contribution is 2.22. The summed E-state index contributed by atoms with van der Waals surface area (Å²) in [4.78, 5) is 13.7. The summed E-state index contributed by atoms with van der Waals surface area (Å²) in [6.07, 6.45) is 4.59. The Hall–Kier alpha value is -1.06. The number of rotatable bonds is 5. The fourth-order valence-electron chi connectivity index (χ4n) is 2.43. The summed E-state index contributed by atoms with van der Waals surface area (Å²) in [5.41, 5.74) is -0.800. The molecule has 1 heterocycles. The number of aldehydes is 1. The standard InChI is InChI=1S/C15H20ClNO2/c1-15(12-18,11-17-9-3-2-4-10-17)19-14-7-5-13(16)6-8-14/h5-8,12H,2-4,9-11H2,1H3/t15-/m0/s1. The monoisotopic (exact) mass is 281 g/mol. The topological polar surface area (TPSA) is 29.5 Å². The molecule has 1 fully saturated rings. The summed E-state index contributed by atoms with van der Waals surface area (Å²) in [7, 11) is 0. The minimum Gasteiger partial charge on any atom is -0.479 e. The molecule has 0 amide bonds. The molecule has 3 nitrogen and oxygen atoms in total. The van der Waals surface area contributed by atoms with Crippen molar-refractivity contribution < 1.29 is 9.53 Å². The molecule has 0 spiro atoms. The van der Waals surface area contributed by atoms with Gasteiger partial charge in [0.1, 0.15) is 5.75 Å². The molecule has 19 heavy (non-hydrogen) atoms. The third-order valence-corrected chi connectivity index (χ3v) is 3.65. The SMILES string of the molecule is C[C@@](C=O)(CN1CCCCC1)Oc1ccc(Cl)cc1. The van der Waals surface area contributed by atoms with Crippen molar-refractivity contribution >= 4 is 17.9 Å². The Balaban J connectivity index is 2.00. The van der Waals surface area contributed by atoms with Crippen molar-refractivity contribution in [2.75, 3.05) is 19.6 Å². The Morgan fingerprint density at radius 1 is 1.26 bits per heavy atom. The fourth-order valence-corrected chi connectivity index (χ4v) is 2.55. The lowest BCUT2D eigenvalue weighted by molar-refractivity contribution is -0.122. The lowest BCUT2D eigenvalue weighted by Crippen LogP contribution is -2.48. The van der Waals surface area contributed by atoms with Gasteiger partial charge in [-0.1, -0.05) is 18.0 Å².